The summed E-state index contributed by atoms with van der Waals surface area (Å²) in [6.45, 7) is 0. The second-order valence-corrected chi connectivity index (χ2v) is 6.66. The van der Waals surface area contributed by atoms with Crippen molar-refractivity contribution in [1.82, 2.24) is 0 Å². The van der Waals surface area contributed by atoms with Crippen molar-refractivity contribution >= 4 is 5.97 Å². The number of carbonyl (C=O) groups excluding carboxylic acids is 1. The molecule has 112 valence electrons. The Bertz CT molecular complexity index is 529. The normalized spacial score (nSPS) is 30.7. The van der Waals surface area contributed by atoms with Crippen molar-refractivity contribution in [2.45, 2.75) is 68.7 Å². The molecule has 21 heavy (non-hydrogen) atoms. The molecule has 1 aromatic carbocycles. The van der Waals surface area contributed by atoms with Crippen LogP contribution in [0.2, 0.25) is 0 Å². The Morgan fingerprint density at radius 3 is 2.38 bits per heavy atom. The summed E-state index contributed by atoms with van der Waals surface area (Å²) in [4.78, 5) is 12.9. The minimum Gasteiger partial charge on any atom is -0.460 e. The lowest BCUT2D eigenvalue weighted by atomic mass is 9.76. The van der Waals surface area contributed by atoms with E-state index in [4.69, 9.17) is 9.47 Å². The molecule has 0 radical (unpaired) electrons. The summed E-state index contributed by atoms with van der Waals surface area (Å²) >= 11 is 0. The molecule has 3 nitrogen and oxygen atoms in total. The summed E-state index contributed by atoms with van der Waals surface area (Å²) in [6.07, 6.45) is 8.77. The van der Waals surface area contributed by atoms with Gasteiger partial charge in [-0.1, -0.05) is 49.6 Å². The standard InChI is InChI=1S/C18H22O3/c19-16(20-15-10-7-11-15)18(14-8-3-1-4-9-14)17(21-18)12-5-2-6-13-17/h1,3-4,8-9,15H,2,5-7,10-13H2. The van der Waals surface area contributed by atoms with E-state index in [2.05, 4.69) is 0 Å². The van der Waals surface area contributed by atoms with Gasteiger partial charge in [-0.05, 0) is 37.7 Å². The van der Waals surface area contributed by atoms with Crippen LogP contribution in [0.5, 0.6) is 0 Å². The van der Waals surface area contributed by atoms with E-state index < -0.39 is 5.60 Å². The van der Waals surface area contributed by atoms with Crippen molar-refractivity contribution in [3.05, 3.63) is 35.9 Å². The van der Waals surface area contributed by atoms with E-state index in [9.17, 15) is 4.79 Å². The molecular formula is C18H22O3. The smallest absolute Gasteiger partial charge is 0.346 e. The number of carbonyl (C=O) groups is 1. The van der Waals surface area contributed by atoms with Crippen LogP contribution in [0.4, 0.5) is 0 Å². The average Bonchev–Trinajstić information content (AvgIpc) is 3.13. The first-order chi connectivity index (χ1) is 10.3. The van der Waals surface area contributed by atoms with Crippen LogP contribution >= 0.6 is 0 Å². The second kappa shape index (κ2) is 4.84. The minimum absolute atomic E-state index is 0.114. The number of hydrogen-bond donors (Lipinski definition) is 0. The van der Waals surface area contributed by atoms with Gasteiger partial charge in [0, 0.05) is 0 Å². The molecule has 2 saturated carbocycles. The Balaban J connectivity index is 1.65. The maximum absolute atomic E-state index is 12.9. The van der Waals surface area contributed by atoms with E-state index in [-0.39, 0.29) is 17.7 Å². The van der Waals surface area contributed by atoms with Gasteiger partial charge in [-0.15, -0.1) is 0 Å². The monoisotopic (exact) mass is 286 g/mol. The number of hydrogen-bond acceptors (Lipinski definition) is 3. The zero-order chi connectivity index (χ0) is 14.3. The molecule has 1 heterocycles. The first-order valence-corrected chi connectivity index (χ1v) is 8.24. The average molecular weight is 286 g/mol. The first kappa shape index (κ1) is 13.3. The van der Waals surface area contributed by atoms with Crippen molar-refractivity contribution in [3.8, 4) is 0 Å². The highest BCUT2D eigenvalue weighted by molar-refractivity contribution is 5.87. The van der Waals surface area contributed by atoms with Crippen LogP contribution in [0.25, 0.3) is 0 Å². The number of rotatable bonds is 3. The van der Waals surface area contributed by atoms with Crippen molar-refractivity contribution in [2.75, 3.05) is 0 Å². The number of benzene rings is 1. The van der Waals surface area contributed by atoms with Gasteiger partial charge < -0.3 is 9.47 Å². The Morgan fingerprint density at radius 1 is 1.05 bits per heavy atom. The van der Waals surface area contributed by atoms with Crippen molar-refractivity contribution in [1.29, 1.82) is 0 Å². The number of ether oxygens (including phenoxy) is 2. The zero-order valence-electron chi connectivity index (χ0n) is 12.3. The number of esters is 1. The quantitative estimate of drug-likeness (QED) is 0.628. The van der Waals surface area contributed by atoms with Gasteiger partial charge in [-0.2, -0.15) is 0 Å². The molecule has 1 spiro atoms. The predicted octanol–water partition coefficient (Wildman–Crippen LogP) is 3.71. The summed E-state index contributed by atoms with van der Waals surface area (Å²) < 4.78 is 11.9. The van der Waals surface area contributed by atoms with Crippen LogP contribution in [0.15, 0.2) is 30.3 Å². The topological polar surface area (TPSA) is 38.8 Å². The summed E-state index contributed by atoms with van der Waals surface area (Å²) in [7, 11) is 0. The van der Waals surface area contributed by atoms with Crippen LogP contribution in [0, 0.1) is 0 Å². The summed E-state index contributed by atoms with van der Waals surface area (Å²) in [5, 5.41) is 0. The Hall–Kier alpha value is -1.35. The van der Waals surface area contributed by atoms with Gasteiger partial charge in [0.15, 0.2) is 0 Å². The predicted molar refractivity (Wildman–Crippen MR) is 78.8 cm³/mol. The van der Waals surface area contributed by atoms with Gasteiger partial charge in [0.2, 0.25) is 5.60 Å². The van der Waals surface area contributed by atoms with E-state index in [1.54, 1.807) is 0 Å². The van der Waals surface area contributed by atoms with E-state index in [0.29, 0.717) is 0 Å². The highest BCUT2D eigenvalue weighted by Gasteiger charge is 2.76. The molecule has 3 fully saturated rings. The van der Waals surface area contributed by atoms with Gasteiger partial charge in [-0.3, -0.25) is 0 Å². The molecule has 1 atom stereocenters. The summed E-state index contributed by atoms with van der Waals surface area (Å²) in [5.74, 6) is -0.152. The molecule has 0 amide bonds. The summed E-state index contributed by atoms with van der Waals surface area (Å²) in [5.41, 5.74) is -0.159. The first-order valence-electron chi connectivity index (χ1n) is 8.24. The Labute approximate surface area is 125 Å². The van der Waals surface area contributed by atoms with E-state index in [0.717, 1.165) is 44.1 Å². The van der Waals surface area contributed by atoms with Gasteiger partial charge in [0.1, 0.15) is 11.7 Å². The maximum Gasteiger partial charge on any atom is 0.346 e. The molecule has 1 unspecified atom stereocenters. The fourth-order valence-corrected chi connectivity index (χ4v) is 3.91. The minimum atomic E-state index is -0.829. The lowest BCUT2D eigenvalue weighted by molar-refractivity contribution is -0.160. The van der Waals surface area contributed by atoms with Gasteiger partial charge in [0.25, 0.3) is 0 Å². The van der Waals surface area contributed by atoms with Crippen molar-refractivity contribution in [3.63, 3.8) is 0 Å². The van der Waals surface area contributed by atoms with Crippen molar-refractivity contribution < 1.29 is 14.3 Å². The third-order valence-electron chi connectivity index (χ3n) is 5.40. The van der Waals surface area contributed by atoms with Crippen LogP contribution in [0.1, 0.15) is 56.9 Å². The second-order valence-electron chi connectivity index (χ2n) is 6.66. The largest absolute Gasteiger partial charge is 0.460 e. The highest BCUT2D eigenvalue weighted by Crippen LogP contribution is 2.63. The molecule has 2 aliphatic carbocycles. The van der Waals surface area contributed by atoms with Crippen molar-refractivity contribution in [2.24, 2.45) is 0 Å². The van der Waals surface area contributed by atoms with Crippen LogP contribution < -0.4 is 0 Å². The maximum atomic E-state index is 12.9. The fourth-order valence-electron chi connectivity index (χ4n) is 3.91. The van der Waals surface area contributed by atoms with E-state index >= 15 is 0 Å². The lowest BCUT2D eigenvalue weighted by Gasteiger charge is -2.29. The molecule has 0 aromatic heterocycles. The third-order valence-corrected chi connectivity index (χ3v) is 5.40. The lowest BCUT2D eigenvalue weighted by Crippen LogP contribution is -2.38. The van der Waals surface area contributed by atoms with Gasteiger partial charge in [0.05, 0.1) is 0 Å². The van der Waals surface area contributed by atoms with Crippen LogP contribution in [-0.2, 0) is 19.9 Å². The van der Waals surface area contributed by atoms with Crippen LogP contribution in [-0.4, -0.2) is 17.7 Å². The fraction of sp³-hybridized carbons (Fsp3) is 0.611. The van der Waals surface area contributed by atoms with Gasteiger partial charge >= 0.3 is 5.97 Å². The van der Waals surface area contributed by atoms with E-state index in [1.807, 2.05) is 30.3 Å². The molecule has 3 heteroatoms. The third kappa shape index (κ3) is 1.94. The molecule has 1 aromatic rings. The molecule has 0 bridgehead atoms. The zero-order valence-corrected chi connectivity index (χ0v) is 12.3. The Morgan fingerprint density at radius 2 is 1.76 bits per heavy atom. The molecule has 1 saturated heterocycles. The molecule has 0 N–H and O–H groups in total. The molecule has 4 rings (SSSR count). The van der Waals surface area contributed by atoms with E-state index in [1.165, 1.54) is 12.8 Å². The highest BCUT2D eigenvalue weighted by atomic mass is 16.7. The summed E-state index contributed by atoms with van der Waals surface area (Å²) in [6, 6.07) is 9.94. The van der Waals surface area contributed by atoms with Gasteiger partial charge in [-0.25, -0.2) is 4.79 Å². The number of epoxide rings is 1. The molecular weight excluding hydrogens is 264 g/mol. The SMILES string of the molecule is O=C(OC1CCC1)C1(c2ccccc2)OC12CCCCC2. The molecule has 3 aliphatic rings. The Kier molecular flexibility index (Phi) is 3.07. The van der Waals surface area contributed by atoms with Crippen LogP contribution in [0.3, 0.4) is 0 Å². The molecule has 1 aliphatic heterocycles.